The molecule has 4 N–H and O–H groups in total. The number of halogens is 2. The Kier molecular flexibility index (Phi) is 8.50. The molecule has 0 spiro atoms. The Morgan fingerprint density at radius 2 is 1.87 bits per heavy atom. The number of aromatic nitrogens is 4. The standard InChI is InChI=1S/C31H37F2N7O4S/c1-19-17-39(18-24(34)29(19)44-11-12-45(2,42)43)27-7-10-35-16-26(27)37-30-36-15-21-5-6-25(38-40(21)30)28-22(32)13-20(14-23(28)33)31(41)8-3-4-9-31/h5-7,10,13-16,19,24,29,41H,3-4,8-9,11-12,17-18,34H2,1-2H3,(H,36,37). The van der Waals surface area contributed by atoms with Gasteiger partial charge in [0, 0.05) is 37.5 Å². The van der Waals surface area contributed by atoms with Crippen molar-refractivity contribution in [1.29, 1.82) is 0 Å². The van der Waals surface area contributed by atoms with Crippen molar-refractivity contribution in [2.75, 3.05) is 41.9 Å². The zero-order valence-corrected chi connectivity index (χ0v) is 26.0. The average Bonchev–Trinajstić information content (AvgIpc) is 3.60. The number of nitrogens with one attached hydrogen (secondary N) is 1. The molecule has 2 fully saturated rings. The normalized spacial score (nSPS) is 21.8. The molecule has 0 radical (unpaired) electrons. The zero-order chi connectivity index (χ0) is 31.9. The van der Waals surface area contributed by atoms with Gasteiger partial charge in [0.05, 0.1) is 64.6 Å². The van der Waals surface area contributed by atoms with Gasteiger partial charge in [-0.15, -0.1) is 0 Å². The Hall–Kier alpha value is -3.72. The van der Waals surface area contributed by atoms with Gasteiger partial charge in [-0.2, -0.15) is 9.61 Å². The van der Waals surface area contributed by atoms with Gasteiger partial charge in [0.15, 0.2) is 0 Å². The summed E-state index contributed by atoms with van der Waals surface area (Å²) in [6.07, 6.45) is 8.35. The van der Waals surface area contributed by atoms with Crippen molar-refractivity contribution in [3.8, 4) is 11.3 Å². The highest BCUT2D eigenvalue weighted by atomic mass is 32.2. The van der Waals surface area contributed by atoms with Crippen molar-refractivity contribution in [2.24, 2.45) is 11.7 Å². The van der Waals surface area contributed by atoms with Gasteiger partial charge in [0.25, 0.3) is 0 Å². The van der Waals surface area contributed by atoms with E-state index >= 15 is 8.78 Å². The Morgan fingerprint density at radius 1 is 1.13 bits per heavy atom. The third-order valence-electron chi connectivity index (χ3n) is 8.72. The third-order valence-corrected chi connectivity index (χ3v) is 9.63. The van der Waals surface area contributed by atoms with E-state index < -0.39 is 27.1 Å². The summed E-state index contributed by atoms with van der Waals surface area (Å²) in [7, 11) is -3.14. The van der Waals surface area contributed by atoms with Crippen LogP contribution in [-0.4, -0.2) is 77.0 Å². The van der Waals surface area contributed by atoms with Crippen LogP contribution in [0.25, 0.3) is 16.8 Å². The second-order valence-electron chi connectivity index (χ2n) is 12.2. The number of hydrogen-bond acceptors (Lipinski definition) is 10. The first-order valence-electron chi connectivity index (χ1n) is 15.0. The van der Waals surface area contributed by atoms with Crippen LogP contribution in [-0.2, 0) is 20.2 Å². The SMILES string of the molecule is CC1CN(c2ccncc2Nc2ncc3ccc(-c4c(F)cc(C5(O)CCCC5)cc4F)nn23)CC(N)C1OCCS(C)(=O)=O. The number of piperidine rings is 1. The number of sulfone groups is 1. The largest absolute Gasteiger partial charge is 0.385 e. The van der Waals surface area contributed by atoms with E-state index in [0.29, 0.717) is 43.1 Å². The smallest absolute Gasteiger partial charge is 0.229 e. The Labute approximate surface area is 260 Å². The molecule has 11 nitrogen and oxygen atoms in total. The summed E-state index contributed by atoms with van der Waals surface area (Å²) in [5.74, 6) is -1.33. The van der Waals surface area contributed by atoms with Crippen molar-refractivity contribution in [3.05, 3.63) is 66.1 Å². The van der Waals surface area contributed by atoms with Crippen LogP contribution in [0, 0.1) is 17.6 Å². The topological polar surface area (TPSA) is 148 Å². The lowest BCUT2D eigenvalue weighted by Crippen LogP contribution is -2.57. The van der Waals surface area contributed by atoms with E-state index in [2.05, 4.69) is 25.3 Å². The number of pyridine rings is 1. The highest BCUT2D eigenvalue weighted by molar-refractivity contribution is 7.90. The zero-order valence-electron chi connectivity index (χ0n) is 25.2. The molecule has 14 heteroatoms. The molecule has 2 aliphatic rings. The van der Waals surface area contributed by atoms with E-state index in [1.54, 1.807) is 24.7 Å². The molecule has 4 heterocycles. The Balaban J connectivity index is 1.24. The predicted octanol–water partition coefficient (Wildman–Crippen LogP) is 3.79. The highest BCUT2D eigenvalue weighted by Crippen LogP contribution is 2.40. The molecule has 3 aromatic heterocycles. The van der Waals surface area contributed by atoms with Crippen LogP contribution < -0.4 is 16.0 Å². The van der Waals surface area contributed by atoms with Gasteiger partial charge in [-0.1, -0.05) is 19.8 Å². The summed E-state index contributed by atoms with van der Waals surface area (Å²) >= 11 is 0. The van der Waals surface area contributed by atoms with Crippen LogP contribution in [0.2, 0.25) is 0 Å². The second kappa shape index (κ2) is 12.2. The summed E-state index contributed by atoms with van der Waals surface area (Å²) in [6.45, 7) is 3.16. The quantitative estimate of drug-likeness (QED) is 0.247. The molecule has 6 rings (SSSR count). The molecule has 0 bridgehead atoms. The van der Waals surface area contributed by atoms with Gasteiger partial charge in [0.1, 0.15) is 21.5 Å². The summed E-state index contributed by atoms with van der Waals surface area (Å²) in [4.78, 5) is 10.8. The van der Waals surface area contributed by atoms with E-state index in [0.717, 1.165) is 18.5 Å². The fourth-order valence-electron chi connectivity index (χ4n) is 6.44. The number of hydrogen-bond donors (Lipinski definition) is 3. The number of rotatable bonds is 9. The van der Waals surface area contributed by atoms with Crippen LogP contribution in [0.4, 0.5) is 26.1 Å². The van der Waals surface area contributed by atoms with Crippen molar-refractivity contribution in [2.45, 2.75) is 50.4 Å². The van der Waals surface area contributed by atoms with Gasteiger partial charge in [-0.25, -0.2) is 22.2 Å². The fraction of sp³-hybridized carbons (Fsp3) is 0.452. The molecule has 45 heavy (non-hydrogen) atoms. The van der Waals surface area contributed by atoms with Gasteiger partial charge in [-0.3, -0.25) is 4.98 Å². The first kappa shape index (κ1) is 31.3. The first-order valence-corrected chi connectivity index (χ1v) is 17.1. The molecule has 3 unspecified atom stereocenters. The molecule has 1 saturated heterocycles. The molecule has 3 atom stereocenters. The van der Waals surface area contributed by atoms with Crippen LogP contribution in [0.1, 0.15) is 38.2 Å². The minimum absolute atomic E-state index is 0.0105. The van der Waals surface area contributed by atoms with Crippen LogP contribution in [0.15, 0.2) is 48.9 Å². The second-order valence-corrected chi connectivity index (χ2v) is 14.5. The lowest BCUT2D eigenvalue weighted by atomic mass is 9.90. The molecule has 0 amide bonds. The Morgan fingerprint density at radius 3 is 2.56 bits per heavy atom. The summed E-state index contributed by atoms with van der Waals surface area (Å²) in [5, 5.41) is 18.7. The molecule has 1 aliphatic heterocycles. The summed E-state index contributed by atoms with van der Waals surface area (Å²) in [6, 6.07) is 7.11. The van der Waals surface area contributed by atoms with E-state index in [4.69, 9.17) is 10.5 Å². The van der Waals surface area contributed by atoms with Gasteiger partial charge >= 0.3 is 0 Å². The number of anilines is 3. The van der Waals surface area contributed by atoms with E-state index in [-0.39, 0.29) is 47.2 Å². The maximum absolute atomic E-state index is 15.4. The number of ether oxygens (including phenoxy) is 1. The fourth-order valence-corrected chi connectivity index (χ4v) is 6.84. The number of fused-ring (bicyclic) bond motifs is 1. The van der Waals surface area contributed by atoms with Crippen molar-refractivity contribution in [1.82, 2.24) is 19.6 Å². The number of nitrogens with two attached hydrogens (primary N) is 1. The van der Waals surface area contributed by atoms with Crippen molar-refractivity contribution in [3.63, 3.8) is 0 Å². The van der Waals surface area contributed by atoms with E-state index in [1.807, 2.05) is 13.0 Å². The van der Waals surface area contributed by atoms with Gasteiger partial charge < -0.3 is 25.8 Å². The monoisotopic (exact) mass is 641 g/mol. The van der Waals surface area contributed by atoms with E-state index in [1.165, 1.54) is 29.0 Å². The van der Waals surface area contributed by atoms with Crippen LogP contribution in [0.3, 0.4) is 0 Å². The van der Waals surface area contributed by atoms with Crippen molar-refractivity contribution >= 4 is 32.7 Å². The van der Waals surface area contributed by atoms with Crippen LogP contribution in [0.5, 0.6) is 0 Å². The van der Waals surface area contributed by atoms with Crippen molar-refractivity contribution < 1.29 is 27.0 Å². The number of nitrogens with zero attached hydrogens (tertiary/aromatic N) is 5. The van der Waals surface area contributed by atoms with Crippen LogP contribution >= 0.6 is 0 Å². The lowest BCUT2D eigenvalue weighted by molar-refractivity contribution is 0.00183. The summed E-state index contributed by atoms with van der Waals surface area (Å²) < 4.78 is 61.2. The third kappa shape index (κ3) is 6.50. The van der Waals surface area contributed by atoms with Gasteiger partial charge in [0.2, 0.25) is 5.95 Å². The molecular weight excluding hydrogens is 604 g/mol. The number of aliphatic hydroxyl groups is 1. The molecule has 240 valence electrons. The molecule has 1 aromatic carbocycles. The maximum atomic E-state index is 15.4. The van der Waals surface area contributed by atoms with Gasteiger partial charge in [-0.05, 0) is 48.7 Å². The lowest BCUT2D eigenvalue weighted by Gasteiger charge is -2.42. The minimum Gasteiger partial charge on any atom is -0.385 e. The van der Waals surface area contributed by atoms with E-state index in [9.17, 15) is 13.5 Å². The first-order chi connectivity index (χ1) is 21.4. The minimum atomic E-state index is -3.14. The maximum Gasteiger partial charge on any atom is 0.229 e. The Bertz CT molecular complexity index is 1780. The molecule has 4 aromatic rings. The molecular formula is C31H37F2N7O4S. The summed E-state index contributed by atoms with van der Waals surface area (Å²) in [5.41, 5.74) is 7.36. The predicted molar refractivity (Wildman–Crippen MR) is 167 cm³/mol. The number of imidazole rings is 1. The molecule has 1 aliphatic carbocycles. The average molecular weight is 642 g/mol. The number of benzene rings is 1. The molecule has 1 saturated carbocycles. The highest BCUT2D eigenvalue weighted by Gasteiger charge is 2.36.